The first-order valence-corrected chi connectivity index (χ1v) is 8.17. The van der Waals surface area contributed by atoms with Crippen molar-refractivity contribution in [2.45, 2.75) is 25.8 Å². The number of aromatic nitrogens is 3. The Morgan fingerprint density at radius 2 is 2.08 bits per heavy atom. The van der Waals surface area contributed by atoms with Gasteiger partial charge < -0.3 is 15.0 Å². The summed E-state index contributed by atoms with van der Waals surface area (Å²) < 4.78 is 5.49. The fraction of sp³-hybridized carbons (Fsp3) is 0.412. The van der Waals surface area contributed by atoms with E-state index in [2.05, 4.69) is 20.3 Å². The number of ether oxygens (including phenoxy) is 1. The summed E-state index contributed by atoms with van der Waals surface area (Å²) in [6.45, 7) is 3.87. The second kappa shape index (κ2) is 7.72. The number of nitrogens with one attached hydrogen (secondary N) is 1. The minimum absolute atomic E-state index is 0.0380. The molecule has 24 heavy (non-hydrogen) atoms. The van der Waals surface area contributed by atoms with Crippen LogP contribution in [0.1, 0.15) is 30.1 Å². The van der Waals surface area contributed by atoms with Crippen molar-refractivity contribution in [1.82, 2.24) is 19.9 Å². The van der Waals surface area contributed by atoms with E-state index in [1.165, 1.54) is 0 Å². The third kappa shape index (κ3) is 3.79. The molecule has 0 spiro atoms. The largest absolute Gasteiger partial charge is 0.475 e. The summed E-state index contributed by atoms with van der Waals surface area (Å²) in [5.41, 5.74) is 0.636. The highest BCUT2D eigenvalue weighted by Gasteiger charge is 2.24. The molecule has 1 saturated heterocycles. The molecule has 0 atom stereocenters. The Labute approximate surface area is 141 Å². The van der Waals surface area contributed by atoms with Crippen LogP contribution in [0.4, 0.5) is 5.82 Å². The van der Waals surface area contributed by atoms with E-state index in [0.29, 0.717) is 37.0 Å². The van der Waals surface area contributed by atoms with Crippen molar-refractivity contribution in [2.24, 2.45) is 0 Å². The molecule has 0 unspecified atom stereocenters. The van der Waals surface area contributed by atoms with Crippen molar-refractivity contribution in [2.75, 3.05) is 25.0 Å². The van der Waals surface area contributed by atoms with Gasteiger partial charge in [0.15, 0.2) is 5.82 Å². The molecule has 1 N–H and O–H groups in total. The number of pyridine rings is 1. The number of rotatable bonds is 5. The molecule has 0 radical (unpaired) electrons. The van der Waals surface area contributed by atoms with Crippen molar-refractivity contribution in [1.29, 1.82) is 0 Å². The minimum Gasteiger partial charge on any atom is -0.475 e. The molecule has 1 amide bonds. The van der Waals surface area contributed by atoms with Crippen LogP contribution < -0.4 is 10.1 Å². The zero-order valence-electron chi connectivity index (χ0n) is 13.7. The number of piperidine rings is 1. The standard InChI is InChI=1S/C17H21N5O2/c1-2-24-16-15(19-8-9-20-16)21-14-5-10-22(11-6-14)17(23)13-4-3-7-18-12-13/h3-4,7-9,12,14H,2,5-6,10-11H2,1H3,(H,19,21). The lowest BCUT2D eigenvalue weighted by Gasteiger charge is -2.32. The highest BCUT2D eigenvalue weighted by molar-refractivity contribution is 5.93. The number of amides is 1. The molecule has 1 fully saturated rings. The van der Waals surface area contributed by atoms with Gasteiger partial charge in [0.2, 0.25) is 0 Å². The van der Waals surface area contributed by atoms with Gasteiger partial charge in [-0.25, -0.2) is 9.97 Å². The lowest BCUT2D eigenvalue weighted by molar-refractivity contribution is 0.0718. The van der Waals surface area contributed by atoms with Gasteiger partial charge in [0.05, 0.1) is 12.2 Å². The van der Waals surface area contributed by atoms with E-state index in [9.17, 15) is 4.79 Å². The SMILES string of the molecule is CCOc1nccnc1NC1CCN(C(=O)c2cccnc2)CC1. The molecular weight excluding hydrogens is 306 g/mol. The number of hydrogen-bond acceptors (Lipinski definition) is 6. The fourth-order valence-electron chi connectivity index (χ4n) is 2.76. The van der Waals surface area contributed by atoms with Gasteiger partial charge in [-0.2, -0.15) is 0 Å². The molecule has 126 valence electrons. The fourth-order valence-corrected chi connectivity index (χ4v) is 2.76. The summed E-state index contributed by atoms with van der Waals surface area (Å²) in [4.78, 5) is 26.8. The van der Waals surface area contributed by atoms with Gasteiger partial charge in [-0.1, -0.05) is 0 Å². The van der Waals surface area contributed by atoms with Crippen molar-refractivity contribution in [3.8, 4) is 5.88 Å². The lowest BCUT2D eigenvalue weighted by atomic mass is 10.0. The zero-order chi connectivity index (χ0) is 16.8. The Hall–Kier alpha value is -2.70. The van der Waals surface area contributed by atoms with E-state index in [1.54, 1.807) is 36.9 Å². The molecule has 0 saturated carbocycles. The average molecular weight is 327 g/mol. The Morgan fingerprint density at radius 3 is 2.79 bits per heavy atom. The van der Waals surface area contributed by atoms with Gasteiger partial charge in [0.1, 0.15) is 0 Å². The molecule has 0 bridgehead atoms. The first-order chi connectivity index (χ1) is 11.8. The molecular formula is C17H21N5O2. The summed E-state index contributed by atoms with van der Waals surface area (Å²) in [6, 6.07) is 3.83. The summed E-state index contributed by atoms with van der Waals surface area (Å²) in [7, 11) is 0. The highest BCUT2D eigenvalue weighted by atomic mass is 16.5. The van der Waals surface area contributed by atoms with Crippen molar-refractivity contribution in [3.63, 3.8) is 0 Å². The molecule has 1 aliphatic rings. The van der Waals surface area contributed by atoms with Gasteiger partial charge in [0.25, 0.3) is 11.8 Å². The summed E-state index contributed by atoms with van der Waals surface area (Å²) in [5.74, 6) is 1.22. The Morgan fingerprint density at radius 1 is 1.29 bits per heavy atom. The number of anilines is 1. The number of carbonyl (C=O) groups excluding carboxylic acids is 1. The van der Waals surface area contributed by atoms with Crippen molar-refractivity contribution < 1.29 is 9.53 Å². The molecule has 1 aliphatic heterocycles. The van der Waals surface area contributed by atoms with Gasteiger partial charge in [0, 0.05) is 43.9 Å². The topological polar surface area (TPSA) is 80.2 Å². The third-order valence-electron chi connectivity index (χ3n) is 3.98. The maximum Gasteiger partial charge on any atom is 0.257 e. The summed E-state index contributed by atoms with van der Waals surface area (Å²) in [6.07, 6.45) is 8.25. The molecule has 3 rings (SSSR count). The van der Waals surface area contributed by atoms with E-state index in [-0.39, 0.29) is 11.9 Å². The van der Waals surface area contributed by atoms with E-state index >= 15 is 0 Å². The van der Waals surface area contributed by atoms with Gasteiger partial charge in [-0.3, -0.25) is 9.78 Å². The highest BCUT2D eigenvalue weighted by Crippen LogP contribution is 2.22. The molecule has 7 heteroatoms. The molecule has 3 heterocycles. The van der Waals surface area contributed by atoms with E-state index < -0.39 is 0 Å². The summed E-state index contributed by atoms with van der Waals surface area (Å²) in [5, 5.41) is 3.38. The molecule has 2 aromatic heterocycles. The van der Waals surface area contributed by atoms with Crippen LogP contribution in [0, 0.1) is 0 Å². The van der Waals surface area contributed by atoms with E-state index in [1.807, 2.05) is 11.8 Å². The number of nitrogens with zero attached hydrogens (tertiary/aromatic N) is 4. The first kappa shape index (κ1) is 16.2. The van der Waals surface area contributed by atoms with Crippen molar-refractivity contribution in [3.05, 3.63) is 42.5 Å². The second-order valence-electron chi connectivity index (χ2n) is 5.60. The smallest absolute Gasteiger partial charge is 0.257 e. The summed E-state index contributed by atoms with van der Waals surface area (Å²) >= 11 is 0. The van der Waals surface area contributed by atoms with Crippen LogP contribution in [0.5, 0.6) is 5.88 Å². The normalized spacial score (nSPS) is 15.1. The Balaban J connectivity index is 1.57. The lowest BCUT2D eigenvalue weighted by Crippen LogP contribution is -2.42. The number of carbonyl (C=O) groups is 1. The monoisotopic (exact) mass is 327 g/mol. The molecule has 0 aromatic carbocycles. The number of hydrogen-bond donors (Lipinski definition) is 1. The van der Waals surface area contributed by atoms with Gasteiger partial charge in [-0.15, -0.1) is 0 Å². The van der Waals surface area contributed by atoms with Crippen LogP contribution in [0.2, 0.25) is 0 Å². The van der Waals surface area contributed by atoms with Gasteiger partial charge >= 0.3 is 0 Å². The van der Waals surface area contributed by atoms with Crippen LogP contribution in [-0.2, 0) is 0 Å². The second-order valence-corrected chi connectivity index (χ2v) is 5.60. The van der Waals surface area contributed by atoms with Gasteiger partial charge in [-0.05, 0) is 31.9 Å². The predicted octanol–water partition coefficient (Wildman–Crippen LogP) is 1.99. The molecule has 7 nitrogen and oxygen atoms in total. The molecule has 2 aromatic rings. The van der Waals surface area contributed by atoms with Crippen LogP contribution in [0.25, 0.3) is 0 Å². The van der Waals surface area contributed by atoms with Crippen LogP contribution in [0.15, 0.2) is 36.9 Å². The molecule has 0 aliphatic carbocycles. The first-order valence-electron chi connectivity index (χ1n) is 8.17. The Bertz CT molecular complexity index is 672. The zero-order valence-corrected chi connectivity index (χ0v) is 13.7. The minimum atomic E-state index is 0.0380. The Kier molecular flexibility index (Phi) is 5.20. The van der Waals surface area contributed by atoms with E-state index in [0.717, 1.165) is 12.8 Å². The quantitative estimate of drug-likeness (QED) is 0.904. The number of likely N-dealkylation sites (tertiary alicyclic amines) is 1. The van der Waals surface area contributed by atoms with Crippen LogP contribution >= 0.6 is 0 Å². The van der Waals surface area contributed by atoms with Crippen LogP contribution in [0.3, 0.4) is 0 Å². The van der Waals surface area contributed by atoms with E-state index in [4.69, 9.17) is 4.74 Å². The average Bonchev–Trinajstić information content (AvgIpc) is 2.64. The third-order valence-corrected chi connectivity index (χ3v) is 3.98. The maximum atomic E-state index is 12.4. The van der Waals surface area contributed by atoms with Crippen LogP contribution in [-0.4, -0.2) is 51.5 Å². The van der Waals surface area contributed by atoms with Crippen molar-refractivity contribution >= 4 is 11.7 Å². The maximum absolute atomic E-state index is 12.4. The predicted molar refractivity (Wildman–Crippen MR) is 90.0 cm³/mol.